The molecule has 22 heteroatoms. The van der Waals surface area contributed by atoms with Gasteiger partial charge in [0.25, 0.3) is 17.7 Å². The number of pyridine rings is 2. The van der Waals surface area contributed by atoms with Crippen LogP contribution in [0.4, 0.5) is 34.1 Å². The average Bonchev–Trinajstić information content (AvgIpc) is 3.38. The predicted octanol–water partition coefficient (Wildman–Crippen LogP) is 5.24. The second-order valence-corrected chi connectivity index (χ2v) is 17.2. The van der Waals surface area contributed by atoms with Crippen molar-refractivity contribution in [1.29, 1.82) is 0 Å². The number of benzene rings is 4. The summed E-state index contributed by atoms with van der Waals surface area (Å²) in [5.41, 5.74) is 15.2. The molecule has 6 rings (SSSR count). The van der Waals surface area contributed by atoms with Gasteiger partial charge in [0.2, 0.25) is 13.1 Å². The van der Waals surface area contributed by atoms with Gasteiger partial charge in [-0.15, -0.1) is 0 Å². The highest BCUT2D eigenvalue weighted by atomic mass is 16.6. The molecule has 0 spiro atoms. The Kier molecular flexibility index (Phi) is 21.5. The van der Waals surface area contributed by atoms with Gasteiger partial charge in [0, 0.05) is 48.4 Å². The van der Waals surface area contributed by atoms with Gasteiger partial charge in [-0.05, 0) is 123 Å². The Morgan fingerprint density at radius 1 is 0.632 bits per heavy atom. The monoisotopic (exact) mass is 1040 g/mol. The molecule has 5 amide bonds. The minimum absolute atomic E-state index is 0.0139. The van der Waals surface area contributed by atoms with Crippen LogP contribution in [-0.4, -0.2) is 92.0 Å². The largest absolute Gasteiger partial charge is 0.506 e. The lowest BCUT2D eigenvalue weighted by Crippen LogP contribution is -2.41. The predicted molar refractivity (Wildman–Crippen MR) is 283 cm³/mol. The zero-order valence-electron chi connectivity index (χ0n) is 42.6. The fourth-order valence-electron chi connectivity index (χ4n) is 7.10. The summed E-state index contributed by atoms with van der Waals surface area (Å²) in [5, 5.41) is 39.3. The van der Waals surface area contributed by atoms with Gasteiger partial charge >= 0.3 is 11.8 Å². The van der Waals surface area contributed by atoms with E-state index in [-0.39, 0.29) is 74.3 Å². The number of hydrogen-bond donors (Lipinski definition) is 9. The smallest absolute Gasteiger partial charge is 0.327 e. The number of ether oxygens (including phenoxy) is 2. The van der Waals surface area contributed by atoms with E-state index in [9.17, 15) is 34.2 Å². The van der Waals surface area contributed by atoms with E-state index < -0.39 is 11.8 Å². The standard InChI is InChI=1S/C54H60N12O10/c1-36-9-13-46(48(67)27-36)55-17-18-57-62-44-15-11-42(29-38(44)3)60-51(70)34-66-22-6-8-41(32-66)52(71)56-19-23-74-25-26-75-24-20-58-76-35-40-7-5-21-65(31-40)33-50(69)59-43-12-16-45(39(4)30-43)63-64-54(73)53(72)61-47-14-10-37(2)28-49(47)68/h5-17,21-22,27-32,58H,18-20,23-26,33-35H2,1-4H3,(H6-2,56,57,59,60,61,62,63,64,67,68,69,70,71,72,73)/p+2. The Morgan fingerprint density at radius 2 is 1.26 bits per heavy atom. The Balaban J connectivity index is 0.780. The zero-order valence-corrected chi connectivity index (χ0v) is 42.6. The lowest BCUT2D eigenvalue weighted by molar-refractivity contribution is -0.684. The molecule has 396 valence electrons. The molecule has 0 unspecified atom stereocenters. The SMILES string of the molecule is Cc1ccc(N=CCN=Nc2ccc(NC(=O)C[n+]3cccc(C(=O)NCCOCCOCCNOCc4ccc[n+](CC(=O)Nc5ccc(NNC(=O)C(=O)Nc6ccc(C)cc6O)c(C)c5)c4)c3)cc2C)c(O)c1. The van der Waals surface area contributed by atoms with Crippen molar-refractivity contribution in [1.82, 2.24) is 16.2 Å². The number of aliphatic imine (C=N–C) groups is 1. The van der Waals surface area contributed by atoms with Gasteiger partial charge in [-0.2, -0.15) is 24.8 Å². The summed E-state index contributed by atoms with van der Waals surface area (Å²) < 4.78 is 14.5. The molecule has 4 aromatic carbocycles. The summed E-state index contributed by atoms with van der Waals surface area (Å²) in [6.07, 6.45) is 8.44. The number of rotatable bonds is 26. The van der Waals surface area contributed by atoms with Crippen molar-refractivity contribution in [3.05, 3.63) is 155 Å². The first-order valence-electron chi connectivity index (χ1n) is 24.1. The number of carbonyl (C=O) groups is 5. The van der Waals surface area contributed by atoms with Crippen LogP contribution >= 0.6 is 0 Å². The molecule has 0 atom stereocenters. The van der Waals surface area contributed by atoms with Crippen molar-refractivity contribution in [2.75, 3.05) is 67.4 Å². The van der Waals surface area contributed by atoms with Crippen molar-refractivity contribution in [2.45, 2.75) is 47.4 Å². The van der Waals surface area contributed by atoms with E-state index in [4.69, 9.17) is 14.3 Å². The van der Waals surface area contributed by atoms with Gasteiger partial charge in [-0.3, -0.25) is 44.7 Å². The van der Waals surface area contributed by atoms with E-state index in [0.29, 0.717) is 65.9 Å². The number of aryl methyl sites for hydroxylation is 4. The summed E-state index contributed by atoms with van der Waals surface area (Å²) in [5.74, 6) is -2.84. The minimum Gasteiger partial charge on any atom is -0.506 e. The highest BCUT2D eigenvalue weighted by Gasteiger charge is 2.18. The van der Waals surface area contributed by atoms with Gasteiger partial charge in [-0.1, -0.05) is 12.1 Å². The number of nitrogens with one attached hydrogen (secondary N) is 7. The normalized spacial score (nSPS) is 11.1. The molecule has 6 aromatic rings. The van der Waals surface area contributed by atoms with Crippen molar-refractivity contribution in [3.8, 4) is 11.5 Å². The summed E-state index contributed by atoms with van der Waals surface area (Å²) in [6.45, 7) is 9.79. The van der Waals surface area contributed by atoms with Crippen LogP contribution in [-0.2, 0) is 53.2 Å². The quantitative estimate of drug-likeness (QED) is 0.00642. The number of phenolic OH excluding ortho intramolecular Hbond substituents is 2. The lowest BCUT2D eigenvalue weighted by Gasteiger charge is -2.13. The molecule has 0 aliphatic heterocycles. The van der Waals surface area contributed by atoms with E-state index in [1.165, 1.54) is 12.1 Å². The van der Waals surface area contributed by atoms with Crippen LogP contribution in [0.25, 0.3) is 0 Å². The van der Waals surface area contributed by atoms with Crippen LogP contribution in [0.2, 0.25) is 0 Å². The zero-order chi connectivity index (χ0) is 54.2. The molecule has 0 aliphatic rings. The molecule has 0 saturated heterocycles. The first-order chi connectivity index (χ1) is 36.7. The fraction of sp³-hybridized carbons (Fsp3) is 0.259. The van der Waals surface area contributed by atoms with Gasteiger partial charge in [0.15, 0.2) is 24.8 Å². The number of anilines is 4. The number of hydrazine groups is 1. The number of nitrogens with zero attached hydrogens (tertiary/aromatic N) is 5. The summed E-state index contributed by atoms with van der Waals surface area (Å²) in [6, 6.07) is 27.2. The Bertz CT molecular complexity index is 3060. The molecule has 0 fully saturated rings. The molecular weight excluding hydrogens is 977 g/mol. The maximum Gasteiger partial charge on any atom is 0.327 e. The van der Waals surface area contributed by atoms with E-state index in [0.717, 1.165) is 22.3 Å². The van der Waals surface area contributed by atoms with Crippen LogP contribution in [0.3, 0.4) is 0 Å². The Hall–Kier alpha value is -8.96. The molecule has 2 heterocycles. The molecule has 0 saturated carbocycles. The first kappa shape index (κ1) is 56.3. The summed E-state index contributed by atoms with van der Waals surface area (Å²) in [7, 11) is 0. The first-order valence-corrected chi connectivity index (χ1v) is 24.1. The minimum atomic E-state index is -0.969. The third-order valence-electron chi connectivity index (χ3n) is 10.9. The number of phenols is 2. The van der Waals surface area contributed by atoms with Crippen LogP contribution in [0, 0.1) is 27.7 Å². The van der Waals surface area contributed by atoms with Gasteiger partial charge in [0.1, 0.15) is 22.7 Å². The highest BCUT2D eigenvalue weighted by molar-refractivity contribution is 6.40. The molecule has 2 aromatic heterocycles. The number of aromatic hydroxyl groups is 2. The highest BCUT2D eigenvalue weighted by Crippen LogP contribution is 2.27. The number of aromatic nitrogens is 2. The van der Waals surface area contributed by atoms with Crippen molar-refractivity contribution in [3.63, 3.8) is 0 Å². The molecule has 0 radical (unpaired) electrons. The molecule has 76 heavy (non-hydrogen) atoms. The van der Waals surface area contributed by atoms with Crippen molar-refractivity contribution in [2.24, 2.45) is 15.2 Å². The van der Waals surface area contributed by atoms with Gasteiger partial charge in [-0.25, -0.2) is 0 Å². The second kappa shape index (κ2) is 29.1. The molecule has 0 bridgehead atoms. The molecular formula is C54H62N12O10+2. The van der Waals surface area contributed by atoms with Crippen LogP contribution < -0.4 is 46.7 Å². The molecule has 22 nitrogen and oxygen atoms in total. The van der Waals surface area contributed by atoms with E-state index in [1.807, 2.05) is 32.0 Å². The van der Waals surface area contributed by atoms with Gasteiger partial charge in [0.05, 0.1) is 56.6 Å². The lowest BCUT2D eigenvalue weighted by atomic mass is 10.2. The Labute approximate surface area is 439 Å². The molecule has 9 N–H and O–H groups in total. The number of amides is 5. The van der Waals surface area contributed by atoms with Crippen LogP contribution in [0.1, 0.15) is 38.2 Å². The topological polar surface area (TPSA) is 283 Å². The average molecular weight is 1040 g/mol. The maximum atomic E-state index is 12.9. The number of hydrogen-bond acceptors (Lipinski definition) is 15. The number of azo groups is 1. The van der Waals surface area contributed by atoms with Crippen molar-refractivity contribution >= 4 is 69.9 Å². The Morgan fingerprint density at radius 3 is 1.96 bits per heavy atom. The third-order valence-corrected chi connectivity index (χ3v) is 10.9. The van der Waals surface area contributed by atoms with Gasteiger partial charge < -0.3 is 41.0 Å². The second-order valence-electron chi connectivity index (χ2n) is 17.2. The van der Waals surface area contributed by atoms with E-state index >= 15 is 0 Å². The fourth-order valence-corrected chi connectivity index (χ4v) is 7.10. The van der Waals surface area contributed by atoms with Crippen molar-refractivity contribution < 1.29 is 57.6 Å². The molecule has 0 aliphatic carbocycles. The number of hydroxylamine groups is 1. The maximum absolute atomic E-state index is 12.9. The van der Waals surface area contributed by atoms with E-state index in [1.54, 1.807) is 121 Å². The van der Waals surface area contributed by atoms with Crippen LogP contribution in [0.15, 0.2) is 137 Å². The number of carbonyl (C=O) groups excluding carboxylic acids is 5. The summed E-state index contributed by atoms with van der Waals surface area (Å²) >= 11 is 0. The van der Waals surface area contributed by atoms with Crippen LogP contribution in [0.5, 0.6) is 11.5 Å². The summed E-state index contributed by atoms with van der Waals surface area (Å²) in [4.78, 5) is 73.0. The van der Waals surface area contributed by atoms with E-state index in [2.05, 4.69) is 52.8 Å². The third kappa shape index (κ3) is 18.8.